The van der Waals surface area contributed by atoms with E-state index in [2.05, 4.69) is 0 Å². The molecule has 0 aromatic carbocycles. The summed E-state index contributed by atoms with van der Waals surface area (Å²) in [5.41, 5.74) is 0. The van der Waals surface area contributed by atoms with Gasteiger partial charge >= 0.3 is 0 Å². The Kier molecular flexibility index (Phi) is 470. The Morgan fingerprint density at radius 3 is 0.600 bits per heavy atom. The molecule has 0 N–H and O–H groups in total. The van der Waals surface area contributed by atoms with Crippen molar-refractivity contribution in [3.05, 3.63) is 0 Å². The molecule has 0 nitrogen and oxygen atoms in total. The fourth-order valence-electron chi connectivity index (χ4n) is 0. The van der Waals surface area contributed by atoms with E-state index in [0.717, 1.165) is 0 Å². The summed E-state index contributed by atoms with van der Waals surface area (Å²) in [6.07, 6.45) is 0. The SMILES string of the molecule is [AlH3].[Fe].[Fe].[SiH3].[SiH3]. The van der Waals surface area contributed by atoms with Gasteiger partial charge < -0.3 is 0 Å². The zero-order chi connectivity index (χ0) is 0. The van der Waals surface area contributed by atoms with Crippen molar-refractivity contribution in [1.29, 1.82) is 0 Å². The van der Waals surface area contributed by atoms with Gasteiger partial charge in [-0.1, -0.05) is 0 Å². The van der Waals surface area contributed by atoms with Crippen molar-refractivity contribution in [1.82, 2.24) is 0 Å². The summed E-state index contributed by atoms with van der Waals surface area (Å²) < 4.78 is 0. The Balaban J connectivity index is 0. The molecule has 0 aromatic rings. The van der Waals surface area contributed by atoms with Crippen LogP contribution in [0, 0.1) is 0 Å². The first-order chi connectivity index (χ1) is 0. The minimum Gasteiger partial charge on any atom is -0.0125 e. The van der Waals surface area contributed by atoms with Gasteiger partial charge in [-0.2, -0.15) is 0 Å². The summed E-state index contributed by atoms with van der Waals surface area (Å²) in [5.74, 6) is 0. The van der Waals surface area contributed by atoms with Crippen LogP contribution >= 0.6 is 0 Å². The van der Waals surface area contributed by atoms with Gasteiger partial charge in [-0.15, -0.1) is 0 Å². The van der Waals surface area contributed by atoms with E-state index >= 15 is 0 Å². The molecule has 0 fully saturated rings. The molecule has 5 heavy (non-hydrogen) atoms. The van der Waals surface area contributed by atoms with E-state index in [9.17, 15) is 0 Å². The summed E-state index contributed by atoms with van der Waals surface area (Å²) in [7, 11) is 0. The second-order valence-corrected chi connectivity index (χ2v) is 0. The van der Waals surface area contributed by atoms with Gasteiger partial charge in [0.25, 0.3) is 0 Å². The number of hydrogen-bond acceptors (Lipinski definition) is 0. The summed E-state index contributed by atoms with van der Waals surface area (Å²) in [5, 5.41) is 0. The maximum absolute atomic E-state index is 0. The Bertz CT molecular complexity index is 7.61. The first kappa shape index (κ1) is 62.8. The van der Waals surface area contributed by atoms with Crippen LogP contribution in [0.25, 0.3) is 0 Å². The maximum atomic E-state index is 0. The zero-order valence-electron chi connectivity index (χ0n) is 2.71. The summed E-state index contributed by atoms with van der Waals surface area (Å²) in [6.45, 7) is 0. The molecular weight excluding hydrogens is 195 g/mol. The summed E-state index contributed by atoms with van der Waals surface area (Å²) in [4.78, 5) is 0. The van der Waals surface area contributed by atoms with Crippen LogP contribution in [0.3, 0.4) is 0 Å². The van der Waals surface area contributed by atoms with Crippen molar-refractivity contribution in [2.24, 2.45) is 0 Å². The second-order valence-electron chi connectivity index (χ2n) is 0. The molecule has 0 aliphatic carbocycles. The third-order valence-electron chi connectivity index (χ3n) is 0. The van der Waals surface area contributed by atoms with E-state index in [1.54, 1.807) is 0 Å². The minimum absolute atomic E-state index is 0. The van der Waals surface area contributed by atoms with Gasteiger partial charge in [0.15, 0.2) is 17.4 Å². The first-order valence-corrected chi connectivity index (χ1v) is 0. The molecule has 0 heterocycles. The van der Waals surface area contributed by atoms with E-state index in [-0.39, 0.29) is 73.4 Å². The summed E-state index contributed by atoms with van der Waals surface area (Å²) >= 11 is 0. The van der Waals surface area contributed by atoms with E-state index in [1.165, 1.54) is 0 Å². The molecule has 2 radical (unpaired) electrons. The average molecular weight is 204 g/mol. The molecule has 36 valence electrons. The van der Waals surface area contributed by atoms with Gasteiger partial charge in [0.05, 0.1) is 0 Å². The normalized spacial score (nSPS) is 0. The monoisotopic (exact) mass is 204 g/mol. The molecule has 0 spiro atoms. The van der Waals surface area contributed by atoms with Gasteiger partial charge in [-0.3, -0.25) is 0 Å². The smallest absolute Gasteiger partial charge is 0.0125 e. The largest absolute Gasteiger partial charge is 0.187 e. The third-order valence-corrected chi connectivity index (χ3v) is 0. The molecule has 0 unspecified atom stereocenters. The molecule has 0 saturated heterocycles. The fourth-order valence-corrected chi connectivity index (χ4v) is 0. The van der Waals surface area contributed by atoms with Crippen molar-refractivity contribution < 1.29 is 34.1 Å². The van der Waals surface area contributed by atoms with Crippen LogP contribution in [-0.2, 0) is 34.1 Å². The van der Waals surface area contributed by atoms with Gasteiger partial charge in [-0.25, -0.2) is 0 Å². The fraction of sp³-hybridized carbons (Fsp3) is 0. The van der Waals surface area contributed by atoms with Crippen molar-refractivity contribution >= 4 is 39.3 Å². The molecule has 0 bridgehead atoms. The van der Waals surface area contributed by atoms with E-state index in [4.69, 9.17) is 0 Å². The molecule has 0 atom stereocenters. The Labute approximate surface area is 73.0 Å². The standard InChI is InChI=1S/Al.2Fe.2H3Si.3H/h;;;2*1H3;;;. The van der Waals surface area contributed by atoms with E-state index < -0.39 is 0 Å². The van der Waals surface area contributed by atoms with Crippen LogP contribution in [0.5, 0.6) is 0 Å². The van der Waals surface area contributed by atoms with Gasteiger partial charge in [0.2, 0.25) is 0 Å². The Morgan fingerprint density at radius 1 is 0.600 bits per heavy atom. The Morgan fingerprint density at radius 2 is 0.600 bits per heavy atom. The third kappa shape index (κ3) is 24.0. The molecular formula is H9AlFe2Si2. The van der Waals surface area contributed by atoms with Crippen LogP contribution < -0.4 is 0 Å². The van der Waals surface area contributed by atoms with Crippen LogP contribution in [-0.4, -0.2) is 39.3 Å². The van der Waals surface area contributed by atoms with Crippen molar-refractivity contribution in [2.45, 2.75) is 0 Å². The number of hydrogen-bond donors (Lipinski definition) is 0. The molecule has 0 aliphatic heterocycles. The van der Waals surface area contributed by atoms with Crippen LogP contribution in [0.4, 0.5) is 0 Å². The zero-order valence-corrected chi connectivity index (χ0v) is 8.92. The van der Waals surface area contributed by atoms with Crippen LogP contribution in [0.15, 0.2) is 0 Å². The predicted octanol–water partition coefficient (Wildman–Crippen LogP) is -3.56. The van der Waals surface area contributed by atoms with Crippen molar-refractivity contribution in [2.75, 3.05) is 0 Å². The summed E-state index contributed by atoms with van der Waals surface area (Å²) in [6, 6.07) is 0. The van der Waals surface area contributed by atoms with E-state index in [0.29, 0.717) is 0 Å². The van der Waals surface area contributed by atoms with Crippen LogP contribution in [0.1, 0.15) is 0 Å². The quantitative estimate of drug-likeness (QED) is 0.358. The van der Waals surface area contributed by atoms with Gasteiger partial charge in [-0.05, 0) is 21.9 Å². The molecule has 0 rings (SSSR count). The molecule has 5 heteroatoms. The molecule has 0 aromatic heterocycles. The topological polar surface area (TPSA) is 0 Å². The minimum atomic E-state index is 0. The molecule has 0 aliphatic rings. The predicted molar refractivity (Wildman–Crippen MR) is 29.8 cm³/mol. The van der Waals surface area contributed by atoms with Crippen molar-refractivity contribution in [3.8, 4) is 0 Å². The first-order valence-electron chi connectivity index (χ1n) is 0. The van der Waals surface area contributed by atoms with Gasteiger partial charge in [0, 0.05) is 34.1 Å². The number of rotatable bonds is 0. The molecule has 0 saturated carbocycles. The average Bonchev–Trinajstić information content (AvgIpc) is 0. The second kappa shape index (κ2) is 37.4. The molecule has 0 amide bonds. The van der Waals surface area contributed by atoms with Crippen molar-refractivity contribution in [3.63, 3.8) is 0 Å². The maximum Gasteiger partial charge on any atom is 0.187 e. The van der Waals surface area contributed by atoms with Gasteiger partial charge in [0.1, 0.15) is 0 Å². The Hall–Kier alpha value is 2.01. The van der Waals surface area contributed by atoms with Crippen LogP contribution in [0.2, 0.25) is 0 Å². The van der Waals surface area contributed by atoms with E-state index in [1.807, 2.05) is 0 Å².